The molecule has 4 nitrogen and oxygen atoms in total. The van der Waals surface area contributed by atoms with Gasteiger partial charge < -0.3 is 15.0 Å². The third-order valence-corrected chi connectivity index (χ3v) is 4.62. The molecule has 0 saturated carbocycles. The summed E-state index contributed by atoms with van der Waals surface area (Å²) in [5.41, 5.74) is 0. The van der Waals surface area contributed by atoms with Crippen molar-refractivity contribution in [1.29, 1.82) is 0 Å². The Bertz CT molecular complexity index is 302. The molecule has 0 spiro atoms. The Hall–Kier alpha value is 0.0300. The Morgan fingerprint density at radius 1 is 1.50 bits per heavy atom. The van der Waals surface area contributed by atoms with E-state index in [-0.39, 0.29) is 35.2 Å². The number of rotatable bonds is 1. The summed E-state index contributed by atoms with van der Waals surface area (Å²) in [4.78, 5) is 14.4. The van der Waals surface area contributed by atoms with E-state index < -0.39 is 0 Å². The first-order valence-electron chi connectivity index (χ1n) is 6.27. The molecular weight excluding hydrogens is 272 g/mol. The van der Waals surface area contributed by atoms with Crippen LogP contribution in [0, 0.1) is 0 Å². The highest BCUT2D eigenvalue weighted by Crippen LogP contribution is 2.30. The molecule has 0 radical (unpaired) electrons. The minimum atomic E-state index is -0.164. The summed E-state index contributed by atoms with van der Waals surface area (Å²) in [6.07, 6.45) is -0.0195. The standard InChI is InChI=1S/C12H22N2O2S.ClH/c1-9-10(13-4-6-16-9)11(15)14-5-7-17-12(2,3)8-14;/h9-10,13H,4-8H2,1-3H3;1H/t9-,10+;/m1./s1. The second-order valence-electron chi connectivity index (χ2n) is 5.38. The highest BCUT2D eigenvalue weighted by Gasteiger charge is 2.36. The zero-order chi connectivity index (χ0) is 12.5. The van der Waals surface area contributed by atoms with E-state index in [1.807, 2.05) is 23.6 Å². The zero-order valence-electron chi connectivity index (χ0n) is 11.3. The number of hydrogen-bond acceptors (Lipinski definition) is 4. The fourth-order valence-electron chi connectivity index (χ4n) is 2.41. The lowest BCUT2D eigenvalue weighted by atomic mass is 10.1. The highest BCUT2D eigenvalue weighted by molar-refractivity contribution is 8.00. The average molecular weight is 295 g/mol. The molecule has 6 heteroatoms. The van der Waals surface area contributed by atoms with Crippen LogP contribution in [0.2, 0.25) is 0 Å². The SMILES string of the molecule is C[C@H]1OCCN[C@@H]1C(=O)N1CCSC(C)(C)C1.Cl. The first-order valence-corrected chi connectivity index (χ1v) is 7.26. The molecule has 2 fully saturated rings. The van der Waals surface area contributed by atoms with E-state index >= 15 is 0 Å². The third-order valence-electron chi connectivity index (χ3n) is 3.32. The molecule has 0 aromatic rings. The molecule has 2 aliphatic rings. The topological polar surface area (TPSA) is 41.6 Å². The lowest BCUT2D eigenvalue weighted by molar-refractivity contribution is -0.139. The molecule has 0 bridgehead atoms. The first-order chi connectivity index (χ1) is 7.99. The van der Waals surface area contributed by atoms with Crippen molar-refractivity contribution in [2.24, 2.45) is 0 Å². The minimum absolute atomic E-state index is 0. The Balaban J connectivity index is 0.00000162. The van der Waals surface area contributed by atoms with Crippen molar-refractivity contribution >= 4 is 30.1 Å². The van der Waals surface area contributed by atoms with Crippen LogP contribution in [0.4, 0.5) is 0 Å². The van der Waals surface area contributed by atoms with Crippen LogP contribution >= 0.6 is 24.2 Å². The van der Waals surface area contributed by atoms with E-state index in [1.54, 1.807) is 0 Å². The number of halogens is 1. The number of nitrogens with one attached hydrogen (secondary N) is 1. The zero-order valence-corrected chi connectivity index (χ0v) is 12.9. The minimum Gasteiger partial charge on any atom is -0.375 e. The Kier molecular flexibility index (Phi) is 5.77. The van der Waals surface area contributed by atoms with Crippen molar-refractivity contribution in [3.8, 4) is 0 Å². The molecule has 0 aliphatic carbocycles. The van der Waals surface area contributed by atoms with E-state index in [9.17, 15) is 4.79 Å². The van der Waals surface area contributed by atoms with Crippen LogP contribution in [-0.4, -0.2) is 59.7 Å². The molecule has 0 aromatic carbocycles. The molecule has 1 N–H and O–H groups in total. The Labute approximate surface area is 120 Å². The largest absolute Gasteiger partial charge is 0.375 e. The van der Waals surface area contributed by atoms with Crippen LogP contribution in [0.5, 0.6) is 0 Å². The number of thioether (sulfide) groups is 1. The average Bonchev–Trinajstić information content (AvgIpc) is 2.27. The van der Waals surface area contributed by atoms with Crippen LogP contribution in [-0.2, 0) is 9.53 Å². The molecule has 0 unspecified atom stereocenters. The van der Waals surface area contributed by atoms with Crippen LogP contribution < -0.4 is 5.32 Å². The summed E-state index contributed by atoms with van der Waals surface area (Å²) < 4.78 is 5.71. The van der Waals surface area contributed by atoms with Gasteiger partial charge in [0.25, 0.3) is 0 Å². The van der Waals surface area contributed by atoms with Gasteiger partial charge in [-0.25, -0.2) is 0 Å². The van der Waals surface area contributed by atoms with E-state index in [0.29, 0.717) is 6.61 Å². The van der Waals surface area contributed by atoms with Gasteiger partial charge in [-0.1, -0.05) is 0 Å². The molecule has 0 aromatic heterocycles. The van der Waals surface area contributed by atoms with Crippen LogP contribution in [0.3, 0.4) is 0 Å². The van der Waals surface area contributed by atoms with Crippen molar-refractivity contribution in [2.45, 2.75) is 37.7 Å². The van der Waals surface area contributed by atoms with Gasteiger partial charge in [-0.2, -0.15) is 11.8 Å². The highest BCUT2D eigenvalue weighted by atomic mass is 35.5. The third kappa shape index (κ3) is 3.76. The second-order valence-corrected chi connectivity index (χ2v) is 7.18. The van der Waals surface area contributed by atoms with Gasteiger partial charge in [0.05, 0.1) is 12.7 Å². The molecule has 2 atom stereocenters. The quantitative estimate of drug-likeness (QED) is 0.787. The molecule has 18 heavy (non-hydrogen) atoms. The summed E-state index contributed by atoms with van der Waals surface area (Å²) in [7, 11) is 0. The predicted octanol–water partition coefficient (Wildman–Crippen LogP) is 1.14. The molecule has 2 aliphatic heterocycles. The maximum atomic E-state index is 12.4. The van der Waals surface area contributed by atoms with E-state index in [0.717, 1.165) is 25.4 Å². The summed E-state index contributed by atoms with van der Waals surface area (Å²) in [6, 6.07) is -0.164. The van der Waals surface area contributed by atoms with Gasteiger partial charge in [-0.15, -0.1) is 12.4 Å². The van der Waals surface area contributed by atoms with Crippen molar-refractivity contribution < 1.29 is 9.53 Å². The summed E-state index contributed by atoms with van der Waals surface area (Å²) in [5.74, 6) is 1.23. The molecule has 1 amide bonds. The smallest absolute Gasteiger partial charge is 0.242 e. The van der Waals surface area contributed by atoms with Crippen LogP contribution in [0.25, 0.3) is 0 Å². The lowest BCUT2D eigenvalue weighted by Crippen LogP contribution is -2.59. The van der Waals surface area contributed by atoms with E-state index in [2.05, 4.69) is 19.2 Å². The van der Waals surface area contributed by atoms with Crippen molar-refractivity contribution in [3.05, 3.63) is 0 Å². The van der Waals surface area contributed by atoms with Crippen LogP contribution in [0.15, 0.2) is 0 Å². The molecule has 2 heterocycles. The van der Waals surface area contributed by atoms with Gasteiger partial charge >= 0.3 is 0 Å². The summed E-state index contributed by atoms with van der Waals surface area (Å²) in [6.45, 7) is 9.54. The van der Waals surface area contributed by atoms with Gasteiger partial charge in [-0.3, -0.25) is 4.79 Å². The maximum absolute atomic E-state index is 12.4. The number of carbonyl (C=O) groups is 1. The lowest BCUT2D eigenvalue weighted by Gasteiger charge is -2.40. The van der Waals surface area contributed by atoms with Gasteiger partial charge in [0.2, 0.25) is 5.91 Å². The molecule has 2 rings (SSSR count). The number of nitrogens with zero attached hydrogens (tertiary/aromatic N) is 1. The van der Waals surface area contributed by atoms with Crippen molar-refractivity contribution in [2.75, 3.05) is 32.0 Å². The van der Waals surface area contributed by atoms with E-state index in [1.165, 1.54) is 0 Å². The number of ether oxygens (including phenoxy) is 1. The van der Waals surface area contributed by atoms with Gasteiger partial charge in [0.1, 0.15) is 6.04 Å². The number of amides is 1. The van der Waals surface area contributed by atoms with Crippen LogP contribution in [0.1, 0.15) is 20.8 Å². The number of hydrogen-bond donors (Lipinski definition) is 1. The number of morpholine rings is 1. The second kappa shape index (κ2) is 6.46. The maximum Gasteiger partial charge on any atom is 0.242 e. The molecule has 2 saturated heterocycles. The summed E-state index contributed by atoms with van der Waals surface area (Å²) in [5, 5.41) is 3.27. The van der Waals surface area contributed by atoms with Gasteiger partial charge in [-0.05, 0) is 20.8 Å². The fourth-order valence-corrected chi connectivity index (χ4v) is 3.52. The van der Waals surface area contributed by atoms with Gasteiger partial charge in [0, 0.05) is 30.1 Å². The monoisotopic (exact) mass is 294 g/mol. The van der Waals surface area contributed by atoms with Crippen molar-refractivity contribution in [3.63, 3.8) is 0 Å². The summed E-state index contributed by atoms with van der Waals surface area (Å²) >= 11 is 1.94. The first kappa shape index (κ1) is 16.1. The van der Waals surface area contributed by atoms with Crippen molar-refractivity contribution in [1.82, 2.24) is 10.2 Å². The Morgan fingerprint density at radius 2 is 2.22 bits per heavy atom. The fraction of sp³-hybridized carbons (Fsp3) is 0.917. The van der Waals surface area contributed by atoms with Gasteiger partial charge in [0.15, 0.2) is 0 Å². The van der Waals surface area contributed by atoms with E-state index in [4.69, 9.17) is 4.74 Å². The number of carbonyl (C=O) groups excluding carboxylic acids is 1. The molecular formula is C12H23ClN2O2S. The molecule has 106 valence electrons. The normalized spacial score (nSPS) is 31.6. The predicted molar refractivity (Wildman–Crippen MR) is 77.6 cm³/mol. The Morgan fingerprint density at radius 3 is 2.83 bits per heavy atom.